The Balaban J connectivity index is 2.13. The molecule has 2 atom stereocenters. The number of likely N-dealkylation sites (tertiary alicyclic amines) is 1. The fraction of sp³-hybridized carbons (Fsp3) is 0.545. The van der Waals surface area contributed by atoms with Crippen LogP contribution in [-0.4, -0.2) is 23.4 Å². The quantitative estimate of drug-likeness (QED) is 0.832. The van der Waals surface area contributed by atoms with E-state index in [9.17, 15) is 4.79 Å². The lowest BCUT2D eigenvalue weighted by Crippen LogP contribution is -2.48. The Kier molecular flexibility index (Phi) is 3.07. The lowest BCUT2D eigenvalue weighted by molar-refractivity contribution is -0.137. The first kappa shape index (κ1) is 10.6. The van der Waals surface area contributed by atoms with Gasteiger partial charge < -0.3 is 10.6 Å². The SMILES string of the molecule is CC(c1cccs1)N1CCCC(N)C1=O. The molecule has 2 N–H and O–H groups in total. The van der Waals surface area contributed by atoms with Gasteiger partial charge in [-0.1, -0.05) is 6.07 Å². The highest BCUT2D eigenvalue weighted by molar-refractivity contribution is 7.10. The van der Waals surface area contributed by atoms with Gasteiger partial charge in [-0.05, 0) is 31.2 Å². The monoisotopic (exact) mass is 224 g/mol. The number of piperidine rings is 1. The van der Waals surface area contributed by atoms with Crippen molar-refractivity contribution in [2.45, 2.75) is 31.8 Å². The molecule has 2 heterocycles. The molecule has 1 aliphatic rings. The number of hydrogen-bond donors (Lipinski definition) is 1. The van der Waals surface area contributed by atoms with Crippen LogP contribution in [0.1, 0.15) is 30.7 Å². The van der Waals surface area contributed by atoms with E-state index >= 15 is 0 Å². The van der Waals surface area contributed by atoms with Crippen LogP contribution < -0.4 is 5.73 Å². The maximum Gasteiger partial charge on any atom is 0.240 e. The summed E-state index contributed by atoms with van der Waals surface area (Å²) in [4.78, 5) is 15.0. The molecular formula is C11H16N2OS. The third-order valence-electron chi connectivity index (χ3n) is 2.94. The molecule has 1 fully saturated rings. The number of rotatable bonds is 2. The van der Waals surface area contributed by atoms with Crippen LogP contribution in [0.5, 0.6) is 0 Å². The Morgan fingerprint density at radius 3 is 3.13 bits per heavy atom. The van der Waals surface area contributed by atoms with Crippen molar-refractivity contribution in [3.63, 3.8) is 0 Å². The second kappa shape index (κ2) is 4.33. The van der Waals surface area contributed by atoms with E-state index in [2.05, 4.69) is 13.0 Å². The van der Waals surface area contributed by atoms with Crippen LogP contribution in [-0.2, 0) is 4.79 Å². The Hall–Kier alpha value is -0.870. The maximum absolute atomic E-state index is 11.9. The Morgan fingerprint density at radius 2 is 2.47 bits per heavy atom. The molecule has 1 amide bonds. The van der Waals surface area contributed by atoms with Crippen molar-refractivity contribution in [3.8, 4) is 0 Å². The van der Waals surface area contributed by atoms with Crippen LogP contribution in [0.3, 0.4) is 0 Å². The van der Waals surface area contributed by atoms with Crippen LogP contribution in [0.2, 0.25) is 0 Å². The van der Waals surface area contributed by atoms with Gasteiger partial charge in [-0.25, -0.2) is 0 Å². The highest BCUT2D eigenvalue weighted by atomic mass is 32.1. The van der Waals surface area contributed by atoms with Crippen molar-refractivity contribution in [1.29, 1.82) is 0 Å². The maximum atomic E-state index is 11.9. The van der Waals surface area contributed by atoms with E-state index in [1.54, 1.807) is 11.3 Å². The summed E-state index contributed by atoms with van der Waals surface area (Å²) in [5, 5.41) is 2.04. The first-order valence-electron chi connectivity index (χ1n) is 5.29. The van der Waals surface area contributed by atoms with Gasteiger partial charge in [-0.2, -0.15) is 0 Å². The third kappa shape index (κ3) is 2.06. The van der Waals surface area contributed by atoms with E-state index in [4.69, 9.17) is 5.73 Å². The minimum absolute atomic E-state index is 0.0992. The van der Waals surface area contributed by atoms with Crippen molar-refractivity contribution in [3.05, 3.63) is 22.4 Å². The molecule has 1 saturated heterocycles. The van der Waals surface area contributed by atoms with Crippen LogP contribution in [0.4, 0.5) is 0 Å². The molecule has 82 valence electrons. The molecule has 0 spiro atoms. The standard InChI is InChI=1S/C11H16N2OS/c1-8(10-5-3-7-15-10)13-6-2-4-9(12)11(13)14/h3,5,7-9H,2,4,6,12H2,1H3. The smallest absolute Gasteiger partial charge is 0.240 e. The molecule has 0 radical (unpaired) electrons. The van der Waals surface area contributed by atoms with Crippen molar-refractivity contribution in [2.24, 2.45) is 5.73 Å². The second-order valence-corrected chi connectivity index (χ2v) is 4.95. The van der Waals surface area contributed by atoms with Crippen LogP contribution in [0.25, 0.3) is 0 Å². The van der Waals surface area contributed by atoms with E-state index in [1.165, 1.54) is 4.88 Å². The zero-order valence-corrected chi connectivity index (χ0v) is 9.67. The van der Waals surface area contributed by atoms with Gasteiger partial charge in [0.25, 0.3) is 0 Å². The number of hydrogen-bond acceptors (Lipinski definition) is 3. The lowest BCUT2D eigenvalue weighted by atomic mass is 10.0. The zero-order valence-electron chi connectivity index (χ0n) is 8.85. The van der Waals surface area contributed by atoms with Crippen molar-refractivity contribution >= 4 is 17.2 Å². The minimum atomic E-state index is -0.291. The lowest BCUT2D eigenvalue weighted by Gasteiger charge is -2.34. The summed E-state index contributed by atoms with van der Waals surface area (Å²) >= 11 is 1.69. The predicted octanol–water partition coefficient (Wildman–Crippen LogP) is 1.76. The molecule has 0 aromatic carbocycles. The molecule has 4 heteroatoms. The molecule has 1 aliphatic heterocycles. The van der Waals surface area contributed by atoms with Crippen LogP contribution in [0, 0.1) is 0 Å². The van der Waals surface area contributed by atoms with E-state index in [0.717, 1.165) is 19.4 Å². The Labute approximate surface area is 93.9 Å². The van der Waals surface area contributed by atoms with Crippen molar-refractivity contribution < 1.29 is 4.79 Å². The number of nitrogens with two attached hydrogens (primary N) is 1. The van der Waals surface area contributed by atoms with Gasteiger partial charge >= 0.3 is 0 Å². The van der Waals surface area contributed by atoms with Gasteiger partial charge in [0, 0.05) is 11.4 Å². The largest absolute Gasteiger partial charge is 0.334 e. The Morgan fingerprint density at radius 1 is 1.67 bits per heavy atom. The number of thiophene rings is 1. The normalized spacial score (nSPS) is 24.3. The first-order valence-corrected chi connectivity index (χ1v) is 6.17. The number of amides is 1. The molecule has 0 bridgehead atoms. The average molecular weight is 224 g/mol. The molecule has 3 nitrogen and oxygen atoms in total. The molecule has 2 unspecified atom stereocenters. The van der Waals surface area contributed by atoms with Gasteiger partial charge in [0.1, 0.15) is 0 Å². The molecule has 15 heavy (non-hydrogen) atoms. The predicted molar refractivity (Wildman–Crippen MR) is 61.7 cm³/mol. The summed E-state index contributed by atoms with van der Waals surface area (Å²) in [5.74, 6) is 0.0992. The van der Waals surface area contributed by atoms with E-state index in [0.29, 0.717) is 0 Å². The summed E-state index contributed by atoms with van der Waals surface area (Å²) in [6, 6.07) is 3.97. The van der Waals surface area contributed by atoms with Crippen LogP contribution >= 0.6 is 11.3 Å². The van der Waals surface area contributed by atoms with Crippen molar-refractivity contribution in [1.82, 2.24) is 4.90 Å². The Bertz CT molecular complexity index is 336. The van der Waals surface area contributed by atoms with Gasteiger partial charge in [-0.3, -0.25) is 4.79 Å². The third-order valence-corrected chi connectivity index (χ3v) is 3.98. The topological polar surface area (TPSA) is 46.3 Å². The van der Waals surface area contributed by atoms with Gasteiger partial charge in [-0.15, -0.1) is 11.3 Å². The summed E-state index contributed by atoms with van der Waals surface area (Å²) in [5.41, 5.74) is 5.77. The minimum Gasteiger partial charge on any atom is -0.334 e. The first-order chi connectivity index (χ1) is 7.20. The summed E-state index contributed by atoms with van der Waals surface area (Å²) < 4.78 is 0. The number of carbonyl (C=O) groups is 1. The number of carbonyl (C=O) groups excluding carboxylic acids is 1. The molecule has 1 aromatic heterocycles. The van der Waals surface area contributed by atoms with Gasteiger partial charge in [0.2, 0.25) is 5.91 Å². The summed E-state index contributed by atoms with van der Waals surface area (Å²) in [6.07, 6.45) is 1.84. The summed E-state index contributed by atoms with van der Waals surface area (Å²) in [6.45, 7) is 2.91. The molecule has 0 saturated carbocycles. The fourth-order valence-electron chi connectivity index (χ4n) is 2.00. The second-order valence-electron chi connectivity index (χ2n) is 3.97. The van der Waals surface area contributed by atoms with Gasteiger partial charge in [0.15, 0.2) is 0 Å². The van der Waals surface area contributed by atoms with E-state index in [-0.39, 0.29) is 18.0 Å². The number of nitrogens with zero attached hydrogens (tertiary/aromatic N) is 1. The van der Waals surface area contributed by atoms with E-state index in [1.807, 2.05) is 16.3 Å². The van der Waals surface area contributed by atoms with Crippen molar-refractivity contribution in [2.75, 3.05) is 6.54 Å². The highest BCUT2D eigenvalue weighted by Gasteiger charge is 2.29. The molecule has 1 aromatic rings. The molecular weight excluding hydrogens is 208 g/mol. The van der Waals surface area contributed by atoms with Gasteiger partial charge in [0.05, 0.1) is 12.1 Å². The zero-order chi connectivity index (χ0) is 10.8. The average Bonchev–Trinajstić information content (AvgIpc) is 2.74. The molecule has 2 rings (SSSR count). The summed E-state index contributed by atoms with van der Waals surface area (Å²) in [7, 11) is 0. The van der Waals surface area contributed by atoms with Crippen LogP contribution in [0.15, 0.2) is 17.5 Å². The fourth-order valence-corrected chi connectivity index (χ4v) is 2.79. The molecule has 0 aliphatic carbocycles. The van der Waals surface area contributed by atoms with E-state index < -0.39 is 0 Å². The highest BCUT2D eigenvalue weighted by Crippen LogP contribution is 2.27.